The van der Waals surface area contributed by atoms with Crippen LogP contribution in [0.2, 0.25) is 0 Å². The van der Waals surface area contributed by atoms with E-state index in [2.05, 4.69) is 36.6 Å². The molecule has 0 spiro atoms. The number of alkyl halides is 1. The molecule has 0 atom stereocenters. The third kappa shape index (κ3) is 5.26. The van der Waals surface area contributed by atoms with Crippen LogP contribution >= 0.6 is 43.2 Å². The van der Waals surface area contributed by atoms with Gasteiger partial charge in [-0.3, -0.25) is 0 Å². The topological polar surface area (TPSA) is 55.4 Å². The summed E-state index contributed by atoms with van der Waals surface area (Å²) >= 11 is 7.79. The average molecular weight is 421 g/mol. The van der Waals surface area contributed by atoms with Gasteiger partial charge in [0.15, 0.2) is 0 Å². The van der Waals surface area contributed by atoms with Crippen molar-refractivity contribution in [2.24, 2.45) is 0 Å². The van der Waals surface area contributed by atoms with Crippen molar-refractivity contribution in [3.05, 3.63) is 15.4 Å². The molecule has 0 fully saturated rings. The maximum Gasteiger partial charge on any atom is 0.250 e. The van der Waals surface area contributed by atoms with Crippen LogP contribution in [-0.4, -0.2) is 33.5 Å². The van der Waals surface area contributed by atoms with E-state index in [0.29, 0.717) is 30.4 Å². The molecule has 1 rings (SSSR count). The number of sulfonamides is 1. The van der Waals surface area contributed by atoms with Crippen molar-refractivity contribution in [1.29, 1.82) is 0 Å². The normalized spacial score (nSPS) is 11.9. The first-order valence-corrected chi connectivity index (χ1v) is 9.58. The van der Waals surface area contributed by atoms with Crippen molar-refractivity contribution < 1.29 is 13.2 Å². The summed E-state index contributed by atoms with van der Waals surface area (Å²) in [5.74, 6) is 0. The lowest BCUT2D eigenvalue weighted by atomic mass is 10.4. The number of aryl methyl sites for hydroxylation is 1. The Morgan fingerprint density at radius 2 is 2.17 bits per heavy atom. The maximum absolute atomic E-state index is 11.9. The van der Waals surface area contributed by atoms with Gasteiger partial charge in [0.05, 0.1) is 10.4 Å². The quantitative estimate of drug-likeness (QED) is 0.519. The van der Waals surface area contributed by atoms with E-state index in [4.69, 9.17) is 4.74 Å². The van der Waals surface area contributed by atoms with E-state index in [-0.39, 0.29) is 0 Å². The van der Waals surface area contributed by atoms with E-state index >= 15 is 0 Å². The van der Waals surface area contributed by atoms with E-state index in [9.17, 15) is 8.42 Å². The summed E-state index contributed by atoms with van der Waals surface area (Å²) in [5, 5.41) is 0.793. The van der Waals surface area contributed by atoms with Crippen molar-refractivity contribution >= 4 is 53.2 Å². The minimum Gasteiger partial charge on any atom is -0.381 e. The van der Waals surface area contributed by atoms with Gasteiger partial charge in [-0.1, -0.05) is 15.9 Å². The molecule has 0 unspecified atom stereocenters. The molecular weight excluding hydrogens is 406 g/mol. The second-order valence-electron chi connectivity index (χ2n) is 3.57. The highest BCUT2D eigenvalue weighted by atomic mass is 79.9. The Labute approximate surface area is 128 Å². The van der Waals surface area contributed by atoms with Gasteiger partial charge in [-0.15, -0.1) is 11.3 Å². The number of thiophene rings is 1. The molecule has 0 saturated carbocycles. The summed E-state index contributed by atoms with van der Waals surface area (Å²) in [6, 6.07) is 1.67. The van der Waals surface area contributed by atoms with Crippen LogP contribution in [0.3, 0.4) is 0 Å². The van der Waals surface area contributed by atoms with E-state index in [1.807, 2.05) is 6.92 Å². The molecule has 0 aliphatic rings. The summed E-state index contributed by atoms with van der Waals surface area (Å²) in [6.45, 7) is 3.46. The number of hydrogen-bond acceptors (Lipinski definition) is 4. The Morgan fingerprint density at radius 1 is 1.44 bits per heavy atom. The zero-order chi connectivity index (χ0) is 13.6. The van der Waals surface area contributed by atoms with Gasteiger partial charge in [0.1, 0.15) is 4.21 Å². The first kappa shape index (κ1) is 16.6. The number of halogens is 2. The van der Waals surface area contributed by atoms with Gasteiger partial charge in [0.2, 0.25) is 10.0 Å². The van der Waals surface area contributed by atoms with Crippen molar-refractivity contribution in [1.82, 2.24) is 4.72 Å². The summed E-state index contributed by atoms with van der Waals surface area (Å²) in [7, 11) is -3.38. The number of ether oxygens (including phenoxy) is 1. The highest BCUT2D eigenvalue weighted by Crippen LogP contribution is 2.30. The van der Waals surface area contributed by atoms with Gasteiger partial charge in [0.25, 0.3) is 0 Å². The molecule has 1 N–H and O–H groups in total. The SMILES string of the molecule is Cc1cc(S(=O)(=O)NCCCOCCBr)sc1Br. The molecule has 0 bridgehead atoms. The van der Waals surface area contributed by atoms with Crippen molar-refractivity contribution in [2.75, 3.05) is 25.1 Å². The molecule has 18 heavy (non-hydrogen) atoms. The molecule has 1 aromatic rings. The minimum absolute atomic E-state index is 0.341. The molecular formula is C10H15Br2NO3S2. The zero-order valence-corrected chi connectivity index (χ0v) is 14.7. The number of nitrogens with one attached hydrogen (secondary N) is 1. The largest absolute Gasteiger partial charge is 0.381 e. The molecule has 1 heterocycles. The summed E-state index contributed by atoms with van der Waals surface area (Å²) in [4.78, 5) is 0. The lowest BCUT2D eigenvalue weighted by Crippen LogP contribution is -2.24. The molecule has 4 nitrogen and oxygen atoms in total. The van der Waals surface area contributed by atoms with Crippen LogP contribution in [-0.2, 0) is 14.8 Å². The van der Waals surface area contributed by atoms with Crippen molar-refractivity contribution in [2.45, 2.75) is 17.6 Å². The lowest BCUT2D eigenvalue weighted by Gasteiger charge is -2.04. The zero-order valence-electron chi connectivity index (χ0n) is 9.91. The van der Waals surface area contributed by atoms with Gasteiger partial charge >= 0.3 is 0 Å². The summed E-state index contributed by atoms with van der Waals surface area (Å²) in [5.41, 5.74) is 0.932. The predicted octanol–water partition coefficient (Wildman–Crippen LogP) is 2.90. The molecule has 1 aromatic heterocycles. The fraction of sp³-hybridized carbons (Fsp3) is 0.600. The molecule has 0 saturated heterocycles. The predicted molar refractivity (Wildman–Crippen MR) is 81.2 cm³/mol. The summed E-state index contributed by atoms with van der Waals surface area (Å²) in [6.07, 6.45) is 0.664. The Kier molecular flexibility index (Phi) is 7.33. The average Bonchev–Trinajstić information content (AvgIpc) is 2.65. The van der Waals surface area contributed by atoms with E-state index < -0.39 is 10.0 Å². The van der Waals surface area contributed by atoms with Crippen molar-refractivity contribution in [3.63, 3.8) is 0 Å². The molecule has 8 heteroatoms. The second-order valence-corrected chi connectivity index (χ2v) is 8.73. The van der Waals surface area contributed by atoms with Crippen LogP contribution in [0.4, 0.5) is 0 Å². The van der Waals surface area contributed by atoms with Gasteiger partial charge in [-0.2, -0.15) is 0 Å². The molecule has 0 aliphatic carbocycles. The smallest absolute Gasteiger partial charge is 0.250 e. The molecule has 0 aromatic carbocycles. The third-order valence-electron chi connectivity index (χ3n) is 2.08. The van der Waals surface area contributed by atoms with Crippen LogP contribution in [0.5, 0.6) is 0 Å². The molecule has 0 amide bonds. The van der Waals surface area contributed by atoms with Gasteiger partial charge in [0, 0.05) is 18.5 Å². The summed E-state index contributed by atoms with van der Waals surface area (Å²) < 4.78 is 32.8. The highest BCUT2D eigenvalue weighted by Gasteiger charge is 2.17. The second kappa shape index (κ2) is 7.96. The van der Waals surface area contributed by atoms with Crippen LogP contribution < -0.4 is 4.72 Å². The monoisotopic (exact) mass is 419 g/mol. The van der Waals surface area contributed by atoms with Gasteiger partial charge < -0.3 is 4.74 Å². The number of hydrogen-bond donors (Lipinski definition) is 1. The highest BCUT2D eigenvalue weighted by molar-refractivity contribution is 9.11. The van der Waals surface area contributed by atoms with Crippen LogP contribution in [0.25, 0.3) is 0 Å². The van der Waals surface area contributed by atoms with Crippen LogP contribution in [0.1, 0.15) is 12.0 Å². The fourth-order valence-corrected chi connectivity index (χ4v) is 4.75. The fourth-order valence-electron chi connectivity index (χ4n) is 1.17. The van der Waals surface area contributed by atoms with Crippen LogP contribution in [0.15, 0.2) is 14.1 Å². The first-order chi connectivity index (χ1) is 8.47. The van der Waals surface area contributed by atoms with Crippen molar-refractivity contribution in [3.8, 4) is 0 Å². The molecule has 0 radical (unpaired) electrons. The Bertz CT molecular complexity index is 454. The minimum atomic E-state index is -3.38. The van der Waals surface area contributed by atoms with E-state index in [0.717, 1.165) is 14.7 Å². The molecule has 104 valence electrons. The first-order valence-electron chi connectivity index (χ1n) is 5.36. The van der Waals surface area contributed by atoms with E-state index in [1.165, 1.54) is 11.3 Å². The van der Waals surface area contributed by atoms with E-state index in [1.54, 1.807) is 6.07 Å². The van der Waals surface area contributed by atoms with Crippen LogP contribution in [0, 0.1) is 6.92 Å². The maximum atomic E-state index is 11.9. The Hall–Kier alpha value is 0.530. The Morgan fingerprint density at radius 3 is 2.72 bits per heavy atom. The van der Waals surface area contributed by atoms with Gasteiger partial charge in [-0.25, -0.2) is 13.1 Å². The number of rotatable bonds is 8. The Balaban J connectivity index is 2.41. The lowest BCUT2D eigenvalue weighted by molar-refractivity contribution is 0.149. The van der Waals surface area contributed by atoms with Gasteiger partial charge in [-0.05, 0) is 40.9 Å². The third-order valence-corrected chi connectivity index (χ3v) is 6.47. The molecule has 0 aliphatic heterocycles. The standard InChI is InChI=1S/C10H15Br2NO3S2/c1-8-7-9(17-10(8)12)18(14,15)13-4-2-5-16-6-3-11/h7,13H,2-6H2,1H3.